The van der Waals surface area contributed by atoms with E-state index in [9.17, 15) is 13.2 Å². The summed E-state index contributed by atoms with van der Waals surface area (Å²) in [4.78, 5) is 15.3. The predicted octanol–water partition coefficient (Wildman–Crippen LogP) is 2.10. The van der Waals surface area contributed by atoms with Gasteiger partial charge in [0.15, 0.2) is 0 Å². The predicted molar refractivity (Wildman–Crippen MR) is 103 cm³/mol. The average molecular weight is 401 g/mol. The number of rotatable bonds is 7. The van der Waals surface area contributed by atoms with Crippen molar-refractivity contribution in [3.8, 4) is 11.1 Å². The fraction of sp³-hybridized carbons (Fsp3) is 0.167. The highest BCUT2D eigenvalue weighted by Gasteiger charge is 2.14. The zero-order chi connectivity index (χ0) is 20.0. The van der Waals surface area contributed by atoms with Crippen LogP contribution in [0, 0.1) is 0 Å². The molecule has 3 rings (SSSR count). The van der Waals surface area contributed by atoms with E-state index in [0.717, 1.165) is 11.1 Å². The van der Waals surface area contributed by atoms with Gasteiger partial charge in [0.2, 0.25) is 10.0 Å². The number of anilines is 1. The normalized spacial score (nSPS) is 11.2. The number of amides is 1. The number of ether oxygens (including phenoxy) is 1. The summed E-state index contributed by atoms with van der Waals surface area (Å²) in [6, 6.07) is 9.55. The van der Waals surface area contributed by atoms with Crippen LogP contribution in [-0.4, -0.2) is 42.9 Å². The Balaban J connectivity index is 1.57. The lowest BCUT2D eigenvalue weighted by atomic mass is 10.2. The molecule has 0 radical (unpaired) electrons. The molecule has 0 atom stereocenters. The Kier molecular flexibility index (Phi) is 6.02. The van der Waals surface area contributed by atoms with Crippen molar-refractivity contribution in [1.29, 1.82) is 0 Å². The molecule has 0 aliphatic heterocycles. The first-order chi connectivity index (χ1) is 13.5. The van der Waals surface area contributed by atoms with E-state index in [1.807, 2.05) is 18.3 Å². The second-order valence-corrected chi connectivity index (χ2v) is 7.54. The lowest BCUT2D eigenvalue weighted by molar-refractivity contribution is 0.187. The summed E-state index contributed by atoms with van der Waals surface area (Å²) in [6.45, 7) is 0.556. The molecular weight excluding hydrogens is 382 g/mol. The maximum absolute atomic E-state index is 12.4. The first-order valence-corrected chi connectivity index (χ1v) is 9.84. The summed E-state index contributed by atoms with van der Waals surface area (Å²) in [7, 11) is -2.42. The van der Waals surface area contributed by atoms with Crippen molar-refractivity contribution in [2.75, 3.05) is 19.0 Å². The van der Waals surface area contributed by atoms with Gasteiger partial charge >= 0.3 is 6.09 Å². The Hall–Kier alpha value is -3.24. The monoisotopic (exact) mass is 401 g/mol. The highest BCUT2D eigenvalue weighted by molar-refractivity contribution is 7.89. The molecule has 0 saturated heterocycles. The molecule has 0 fully saturated rings. The molecule has 28 heavy (non-hydrogen) atoms. The van der Waals surface area contributed by atoms with Gasteiger partial charge in [-0.05, 0) is 30.3 Å². The highest BCUT2D eigenvalue weighted by atomic mass is 32.2. The maximum Gasteiger partial charge on any atom is 0.411 e. The third-order valence-corrected chi connectivity index (χ3v) is 5.33. The molecule has 0 aliphatic carbocycles. The number of benzene rings is 1. The van der Waals surface area contributed by atoms with E-state index in [4.69, 9.17) is 0 Å². The van der Waals surface area contributed by atoms with Crippen LogP contribution in [0.2, 0.25) is 0 Å². The van der Waals surface area contributed by atoms with Crippen LogP contribution < -0.4 is 10.0 Å². The average Bonchev–Trinajstić information content (AvgIpc) is 3.18. The van der Waals surface area contributed by atoms with E-state index in [1.165, 1.54) is 31.4 Å². The number of hydrogen-bond acceptors (Lipinski definition) is 6. The quantitative estimate of drug-likeness (QED) is 0.626. The van der Waals surface area contributed by atoms with E-state index in [-0.39, 0.29) is 11.4 Å². The molecule has 0 saturated carbocycles. The maximum atomic E-state index is 12.4. The Labute approximate surface area is 162 Å². The number of carbonyl (C=O) groups excluding carboxylic acids is 1. The summed E-state index contributed by atoms with van der Waals surface area (Å²) in [5.41, 5.74) is 2.28. The lowest BCUT2D eigenvalue weighted by Crippen LogP contribution is -2.27. The standard InChI is InChI=1S/C18H19N5O4S/c1-27-18(24)22-16-4-6-17(7-5-16)28(25,26)21-9-10-23-13-15(12-20-23)14-3-2-8-19-11-14/h2-8,11-13,21H,9-10H2,1H3,(H,22,24). The van der Waals surface area contributed by atoms with E-state index in [1.54, 1.807) is 23.3 Å². The topological polar surface area (TPSA) is 115 Å². The molecule has 146 valence electrons. The van der Waals surface area contributed by atoms with Crippen LogP contribution in [0.5, 0.6) is 0 Å². The van der Waals surface area contributed by atoms with Crippen LogP contribution in [0.15, 0.2) is 66.1 Å². The van der Waals surface area contributed by atoms with Gasteiger partial charge in [-0.25, -0.2) is 17.9 Å². The van der Waals surface area contributed by atoms with Gasteiger partial charge in [0.05, 0.1) is 24.7 Å². The SMILES string of the molecule is COC(=O)Nc1ccc(S(=O)(=O)NCCn2cc(-c3cccnc3)cn2)cc1. The number of methoxy groups -OCH3 is 1. The van der Waals surface area contributed by atoms with Crippen LogP contribution in [-0.2, 0) is 21.3 Å². The largest absolute Gasteiger partial charge is 0.453 e. The van der Waals surface area contributed by atoms with Crippen molar-refractivity contribution in [2.24, 2.45) is 0 Å². The molecule has 2 N–H and O–H groups in total. The highest BCUT2D eigenvalue weighted by Crippen LogP contribution is 2.17. The van der Waals surface area contributed by atoms with Crippen LogP contribution >= 0.6 is 0 Å². The fourth-order valence-corrected chi connectivity index (χ4v) is 3.45. The van der Waals surface area contributed by atoms with Gasteiger partial charge < -0.3 is 4.74 Å². The first kappa shape index (κ1) is 19.5. The molecule has 1 amide bonds. The molecule has 10 heteroatoms. The molecule has 9 nitrogen and oxygen atoms in total. The third kappa shape index (κ3) is 4.93. The Morgan fingerprint density at radius 1 is 1.14 bits per heavy atom. The minimum absolute atomic E-state index is 0.0967. The van der Waals surface area contributed by atoms with Gasteiger partial charge in [-0.3, -0.25) is 15.0 Å². The number of carbonyl (C=O) groups is 1. The third-order valence-electron chi connectivity index (χ3n) is 3.86. The lowest BCUT2D eigenvalue weighted by Gasteiger charge is -2.08. The number of nitrogens with one attached hydrogen (secondary N) is 2. The number of aromatic nitrogens is 3. The van der Waals surface area contributed by atoms with Crippen molar-refractivity contribution in [1.82, 2.24) is 19.5 Å². The van der Waals surface area contributed by atoms with Gasteiger partial charge in [0.25, 0.3) is 0 Å². The van der Waals surface area contributed by atoms with E-state index < -0.39 is 16.1 Å². The van der Waals surface area contributed by atoms with Gasteiger partial charge in [-0.2, -0.15) is 5.10 Å². The van der Waals surface area contributed by atoms with Crippen molar-refractivity contribution in [3.05, 3.63) is 61.2 Å². The molecule has 0 bridgehead atoms. The Morgan fingerprint density at radius 2 is 1.93 bits per heavy atom. The molecule has 0 unspecified atom stereocenters. The summed E-state index contributed by atoms with van der Waals surface area (Å²) in [5.74, 6) is 0. The molecular formula is C18H19N5O4S. The first-order valence-electron chi connectivity index (χ1n) is 8.35. The van der Waals surface area contributed by atoms with E-state index in [2.05, 4.69) is 24.9 Å². The molecule has 0 spiro atoms. The van der Waals surface area contributed by atoms with Gasteiger partial charge in [0, 0.05) is 41.9 Å². The van der Waals surface area contributed by atoms with Crippen molar-refractivity contribution in [2.45, 2.75) is 11.4 Å². The van der Waals surface area contributed by atoms with Crippen LogP contribution in [0.25, 0.3) is 11.1 Å². The van der Waals surface area contributed by atoms with Crippen LogP contribution in [0.3, 0.4) is 0 Å². The molecule has 0 aliphatic rings. The summed E-state index contributed by atoms with van der Waals surface area (Å²) in [6.07, 6.45) is 6.35. The Morgan fingerprint density at radius 3 is 2.61 bits per heavy atom. The van der Waals surface area contributed by atoms with Gasteiger partial charge in [-0.1, -0.05) is 6.07 Å². The van der Waals surface area contributed by atoms with Crippen molar-refractivity contribution in [3.63, 3.8) is 0 Å². The Bertz CT molecular complexity index is 1030. The van der Waals surface area contributed by atoms with Crippen molar-refractivity contribution >= 4 is 21.8 Å². The fourth-order valence-electron chi connectivity index (χ4n) is 2.43. The van der Waals surface area contributed by atoms with Crippen LogP contribution in [0.4, 0.5) is 10.5 Å². The zero-order valence-electron chi connectivity index (χ0n) is 15.1. The second-order valence-electron chi connectivity index (χ2n) is 5.77. The molecule has 2 aromatic heterocycles. The van der Waals surface area contributed by atoms with Gasteiger partial charge in [-0.15, -0.1) is 0 Å². The number of sulfonamides is 1. The number of hydrogen-bond donors (Lipinski definition) is 2. The van der Waals surface area contributed by atoms with Crippen LogP contribution in [0.1, 0.15) is 0 Å². The number of pyridine rings is 1. The summed E-state index contributed by atoms with van der Waals surface area (Å²) in [5, 5.41) is 6.69. The minimum atomic E-state index is -3.67. The zero-order valence-corrected chi connectivity index (χ0v) is 15.9. The van der Waals surface area contributed by atoms with E-state index >= 15 is 0 Å². The molecule has 1 aromatic carbocycles. The van der Waals surface area contributed by atoms with Crippen molar-refractivity contribution < 1.29 is 17.9 Å². The number of nitrogens with zero attached hydrogens (tertiary/aromatic N) is 3. The minimum Gasteiger partial charge on any atom is -0.453 e. The second kappa shape index (κ2) is 8.63. The molecule has 3 aromatic rings. The molecule has 2 heterocycles. The summed E-state index contributed by atoms with van der Waals surface area (Å²) < 4.78 is 33.4. The van der Waals surface area contributed by atoms with E-state index in [0.29, 0.717) is 12.2 Å². The smallest absolute Gasteiger partial charge is 0.411 e. The summed E-state index contributed by atoms with van der Waals surface area (Å²) >= 11 is 0. The van der Waals surface area contributed by atoms with Gasteiger partial charge in [0.1, 0.15) is 0 Å².